The molecule has 0 aliphatic carbocycles. The van der Waals surface area contributed by atoms with Crippen LogP contribution in [0.2, 0.25) is 5.02 Å². The second-order valence-corrected chi connectivity index (χ2v) is 8.52. The second kappa shape index (κ2) is 6.75. The molecule has 2 N–H and O–H groups in total. The lowest BCUT2D eigenvalue weighted by molar-refractivity contribution is 0.610. The lowest BCUT2D eigenvalue weighted by Crippen LogP contribution is -2.19. The molecule has 0 radical (unpaired) electrons. The van der Waals surface area contributed by atoms with Gasteiger partial charge in [0.1, 0.15) is 9.90 Å². The van der Waals surface area contributed by atoms with Gasteiger partial charge in [0, 0.05) is 27.7 Å². The third-order valence-electron chi connectivity index (χ3n) is 3.53. The van der Waals surface area contributed by atoms with Crippen molar-refractivity contribution in [1.82, 2.24) is 0 Å². The SMILES string of the molecule is CC(N)=Nc1ccc(Cl)cc1C1(c2ccccc2F)SCCS1. The molecule has 2 aromatic carbocycles. The van der Waals surface area contributed by atoms with Crippen molar-refractivity contribution in [2.75, 3.05) is 11.5 Å². The van der Waals surface area contributed by atoms with Crippen LogP contribution in [0, 0.1) is 5.82 Å². The number of hydrogen-bond acceptors (Lipinski definition) is 3. The van der Waals surface area contributed by atoms with Crippen LogP contribution < -0.4 is 5.73 Å². The van der Waals surface area contributed by atoms with Crippen molar-refractivity contribution in [2.24, 2.45) is 10.7 Å². The van der Waals surface area contributed by atoms with Gasteiger partial charge in [0.05, 0.1) is 11.5 Å². The van der Waals surface area contributed by atoms with E-state index in [4.69, 9.17) is 17.3 Å². The third kappa shape index (κ3) is 3.23. The molecule has 1 aliphatic rings. The zero-order valence-electron chi connectivity index (χ0n) is 12.6. The number of benzene rings is 2. The summed E-state index contributed by atoms with van der Waals surface area (Å²) in [7, 11) is 0. The summed E-state index contributed by atoms with van der Waals surface area (Å²) in [6, 6.07) is 12.4. The lowest BCUT2D eigenvalue weighted by atomic mass is 10.0. The molecule has 0 amide bonds. The fraction of sp³-hybridized carbons (Fsp3) is 0.235. The first-order chi connectivity index (χ1) is 11.0. The molecular formula is C17H16ClFN2S2. The van der Waals surface area contributed by atoms with E-state index < -0.39 is 4.08 Å². The minimum Gasteiger partial charge on any atom is -0.387 e. The standard InChI is InChI=1S/C17H16ClFN2S2/c1-11(20)21-16-7-6-12(18)10-14(16)17(22-8-9-23-17)13-4-2-3-5-15(13)19/h2-7,10H,8-9H2,1H3,(H2,20,21). The normalized spacial score (nSPS) is 17.4. The first-order valence-corrected chi connectivity index (χ1v) is 9.51. The number of hydrogen-bond donors (Lipinski definition) is 1. The number of halogens is 2. The van der Waals surface area contributed by atoms with Gasteiger partial charge in [-0.15, -0.1) is 23.5 Å². The largest absolute Gasteiger partial charge is 0.387 e. The van der Waals surface area contributed by atoms with Gasteiger partial charge in [0.15, 0.2) is 0 Å². The van der Waals surface area contributed by atoms with Crippen molar-refractivity contribution in [2.45, 2.75) is 11.0 Å². The monoisotopic (exact) mass is 366 g/mol. The maximum Gasteiger partial charge on any atom is 0.129 e. The van der Waals surface area contributed by atoms with Gasteiger partial charge in [-0.2, -0.15) is 0 Å². The first-order valence-electron chi connectivity index (χ1n) is 7.16. The van der Waals surface area contributed by atoms with Crippen molar-refractivity contribution in [3.05, 3.63) is 64.4 Å². The molecule has 6 heteroatoms. The number of thioether (sulfide) groups is 2. The van der Waals surface area contributed by atoms with E-state index in [9.17, 15) is 4.39 Å². The van der Waals surface area contributed by atoms with E-state index in [1.807, 2.05) is 24.3 Å². The van der Waals surface area contributed by atoms with Crippen LogP contribution >= 0.6 is 35.1 Å². The Morgan fingerprint density at radius 3 is 2.52 bits per heavy atom. The topological polar surface area (TPSA) is 38.4 Å². The number of amidine groups is 1. The van der Waals surface area contributed by atoms with Gasteiger partial charge in [-0.05, 0) is 31.2 Å². The van der Waals surface area contributed by atoms with Crippen molar-refractivity contribution in [1.29, 1.82) is 0 Å². The van der Waals surface area contributed by atoms with Gasteiger partial charge in [-0.25, -0.2) is 9.38 Å². The molecule has 1 saturated heterocycles. The Morgan fingerprint density at radius 1 is 1.17 bits per heavy atom. The summed E-state index contributed by atoms with van der Waals surface area (Å²) in [4.78, 5) is 4.43. The Bertz CT molecular complexity index is 754. The highest BCUT2D eigenvalue weighted by molar-refractivity contribution is 8.20. The molecule has 3 rings (SSSR count). The minimum atomic E-state index is -0.551. The van der Waals surface area contributed by atoms with E-state index in [2.05, 4.69) is 4.99 Å². The second-order valence-electron chi connectivity index (χ2n) is 5.21. The first kappa shape index (κ1) is 16.7. The van der Waals surface area contributed by atoms with Gasteiger partial charge in [0.25, 0.3) is 0 Å². The number of aliphatic imine (C=N–C) groups is 1. The van der Waals surface area contributed by atoms with Crippen LogP contribution in [0.5, 0.6) is 0 Å². The molecule has 0 aromatic heterocycles. The molecule has 23 heavy (non-hydrogen) atoms. The summed E-state index contributed by atoms with van der Waals surface area (Å²) >= 11 is 9.66. The highest BCUT2D eigenvalue weighted by Gasteiger charge is 2.42. The van der Waals surface area contributed by atoms with Gasteiger partial charge in [-0.1, -0.05) is 29.8 Å². The van der Waals surface area contributed by atoms with E-state index >= 15 is 0 Å². The molecule has 2 nitrogen and oxygen atoms in total. The molecule has 2 aromatic rings. The molecule has 0 spiro atoms. The van der Waals surface area contributed by atoms with Gasteiger partial charge >= 0.3 is 0 Å². The Kier molecular flexibility index (Phi) is 4.90. The summed E-state index contributed by atoms with van der Waals surface area (Å²) in [5, 5.41) is 0.609. The van der Waals surface area contributed by atoms with Crippen LogP contribution in [0.25, 0.3) is 0 Å². The van der Waals surface area contributed by atoms with E-state index in [0.717, 1.165) is 22.8 Å². The van der Waals surface area contributed by atoms with E-state index in [1.165, 1.54) is 6.07 Å². The lowest BCUT2D eigenvalue weighted by Gasteiger charge is -2.30. The summed E-state index contributed by atoms with van der Waals surface area (Å²) in [5.74, 6) is 2.13. The number of rotatable bonds is 3. The Morgan fingerprint density at radius 2 is 1.87 bits per heavy atom. The number of nitrogens with two attached hydrogens (primary N) is 1. The molecule has 1 aliphatic heterocycles. The maximum absolute atomic E-state index is 14.5. The predicted octanol–water partition coefficient (Wildman–Crippen LogP) is 5.17. The Labute approximate surface area is 148 Å². The van der Waals surface area contributed by atoms with Crippen LogP contribution in [0.4, 0.5) is 10.1 Å². The molecule has 0 saturated carbocycles. The summed E-state index contributed by atoms with van der Waals surface area (Å²) in [6.45, 7) is 1.74. The summed E-state index contributed by atoms with van der Waals surface area (Å²) < 4.78 is 14.0. The highest BCUT2D eigenvalue weighted by Crippen LogP contribution is 2.59. The van der Waals surface area contributed by atoms with Crippen LogP contribution in [0.1, 0.15) is 18.1 Å². The smallest absolute Gasteiger partial charge is 0.129 e. The molecule has 1 fully saturated rings. The zero-order valence-corrected chi connectivity index (χ0v) is 14.9. The molecule has 120 valence electrons. The van der Waals surface area contributed by atoms with Crippen LogP contribution in [0.3, 0.4) is 0 Å². The zero-order chi connectivity index (χ0) is 16.4. The van der Waals surface area contributed by atoms with Crippen molar-refractivity contribution in [3.63, 3.8) is 0 Å². The van der Waals surface area contributed by atoms with E-state index in [-0.39, 0.29) is 5.82 Å². The van der Waals surface area contributed by atoms with Crippen molar-refractivity contribution < 1.29 is 4.39 Å². The Hall–Kier alpha value is -1.17. The highest BCUT2D eigenvalue weighted by atomic mass is 35.5. The molecule has 1 heterocycles. The average Bonchev–Trinajstić information content (AvgIpc) is 2.99. The van der Waals surface area contributed by atoms with Crippen molar-refractivity contribution >= 4 is 46.6 Å². The maximum atomic E-state index is 14.5. The molecule has 0 atom stereocenters. The van der Waals surface area contributed by atoms with Crippen molar-refractivity contribution in [3.8, 4) is 0 Å². The van der Waals surface area contributed by atoms with Gasteiger partial charge in [0.2, 0.25) is 0 Å². The molecular weight excluding hydrogens is 351 g/mol. The average molecular weight is 367 g/mol. The Balaban J connectivity index is 2.26. The number of nitrogens with zero attached hydrogens (tertiary/aromatic N) is 1. The third-order valence-corrected chi connectivity index (χ3v) is 7.24. The quantitative estimate of drug-likeness (QED) is 0.601. The fourth-order valence-corrected chi connectivity index (χ4v) is 6.18. The molecule has 0 bridgehead atoms. The van der Waals surface area contributed by atoms with E-state index in [1.54, 1.807) is 42.6 Å². The summed E-state index contributed by atoms with van der Waals surface area (Å²) in [5.41, 5.74) is 8.06. The van der Waals surface area contributed by atoms with Gasteiger partial charge < -0.3 is 5.73 Å². The molecule has 0 unspecified atom stereocenters. The van der Waals surface area contributed by atoms with Crippen LogP contribution in [-0.2, 0) is 4.08 Å². The minimum absolute atomic E-state index is 0.214. The fourth-order valence-electron chi connectivity index (χ4n) is 2.66. The predicted molar refractivity (Wildman–Crippen MR) is 101 cm³/mol. The van der Waals surface area contributed by atoms with Crippen LogP contribution in [-0.4, -0.2) is 17.3 Å². The summed E-state index contributed by atoms with van der Waals surface area (Å²) in [6.07, 6.45) is 0. The van der Waals surface area contributed by atoms with Crippen LogP contribution in [0.15, 0.2) is 47.5 Å². The van der Waals surface area contributed by atoms with Gasteiger partial charge in [-0.3, -0.25) is 0 Å². The van der Waals surface area contributed by atoms with E-state index in [0.29, 0.717) is 16.4 Å².